The highest BCUT2D eigenvalue weighted by molar-refractivity contribution is 4.88. The third-order valence-corrected chi connectivity index (χ3v) is 2.92. The molecular formula is C9H18N2O. The minimum atomic E-state index is -0.0239. The van der Waals surface area contributed by atoms with Gasteiger partial charge in [-0.25, -0.2) is 0 Å². The zero-order chi connectivity index (χ0) is 8.39. The van der Waals surface area contributed by atoms with E-state index in [2.05, 4.69) is 10.6 Å². The van der Waals surface area contributed by atoms with Crippen LogP contribution in [0, 0.1) is 0 Å². The molecule has 3 heteroatoms. The maximum Gasteiger partial charge on any atom is 0.0570 e. The number of hydrogen-bond acceptors (Lipinski definition) is 3. The minimum Gasteiger partial charge on any atom is -0.393 e. The van der Waals surface area contributed by atoms with Crippen molar-refractivity contribution in [1.82, 2.24) is 10.6 Å². The van der Waals surface area contributed by atoms with Crippen molar-refractivity contribution in [2.45, 2.75) is 43.9 Å². The largest absolute Gasteiger partial charge is 0.393 e. The number of aliphatic hydroxyl groups is 1. The summed E-state index contributed by atoms with van der Waals surface area (Å²) >= 11 is 0. The van der Waals surface area contributed by atoms with Crippen LogP contribution in [-0.4, -0.2) is 36.4 Å². The van der Waals surface area contributed by atoms with E-state index in [0.717, 1.165) is 25.9 Å². The van der Waals surface area contributed by atoms with Crippen LogP contribution in [0.3, 0.4) is 0 Å². The predicted molar refractivity (Wildman–Crippen MR) is 48.1 cm³/mol. The monoisotopic (exact) mass is 170 g/mol. The molecule has 0 aromatic rings. The Labute approximate surface area is 73.5 Å². The third kappa shape index (κ3) is 1.97. The summed E-state index contributed by atoms with van der Waals surface area (Å²) in [5.74, 6) is 0. The highest BCUT2D eigenvalue weighted by atomic mass is 16.3. The predicted octanol–water partition coefficient (Wildman–Crippen LogP) is -0.149. The van der Waals surface area contributed by atoms with Gasteiger partial charge in [0.15, 0.2) is 0 Å². The Morgan fingerprint density at radius 1 is 1.08 bits per heavy atom. The molecule has 0 atom stereocenters. The van der Waals surface area contributed by atoms with Crippen LogP contribution in [0.1, 0.15) is 25.7 Å². The lowest BCUT2D eigenvalue weighted by Crippen LogP contribution is -2.51. The lowest BCUT2D eigenvalue weighted by atomic mass is 9.88. The van der Waals surface area contributed by atoms with Crippen LogP contribution >= 0.6 is 0 Å². The first kappa shape index (κ1) is 8.48. The van der Waals surface area contributed by atoms with Gasteiger partial charge in [-0.05, 0) is 38.8 Å². The Hall–Kier alpha value is -0.120. The SMILES string of the molecule is OC1CC(NC2CCNCC2)C1. The van der Waals surface area contributed by atoms with Crippen molar-refractivity contribution in [3.8, 4) is 0 Å². The van der Waals surface area contributed by atoms with Gasteiger partial charge in [-0.2, -0.15) is 0 Å². The first-order valence-corrected chi connectivity index (χ1v) is 4.99. The van der Waals surface area contributed by atoms with E-state index in [1.807, 2.05) is 0 Å². The van der Waals surface area contributed by atoms with Crippen LogP contribution in [0.2, 0.25) is 0 Å². The molecule has 1 saturated heterocycles. The molecule has 2 fully saturated rings. The third-order valence-electron chi connectivity index (χ3n) is 2.92. The fraction of sp³-hybridized carbons (Fsp3) is 1.00. The maximum absolute atomic E-state index is 9.10. The van der Waals surface area contributed by atoms with Crippen molar-refractivity contribution >= 4 is 0 Å². The minimum absolute atomic E-state index is 0.0239. The summed E-state index contributed by atoms with van der Waals surface area (Å²) < 4.78 is 0. The van der Waals surface area contributed by atoms with E-state index in [0.29, 0.717) is 12.1 Å². The van der Waals surface area contributed by atoms with Crippen molar-refractivity contribution in [1.29, 1.82) is 0 Å². The Kier molecular flexibility index (Phi) is 2.63. The second-order valence-corrected chi connectivity index (χ2v) is 4.01. The maximum atomic E-state index is 9.10. The first-order valence-electron chi connectivity index (χ1n) is 4.99. The quantitative estimate of drug-likeness (QED) is 0.540. The van der Waals surface area contributed by atoms with Gasteiger partial charge in [0.2, 0.25) is 0 Å². The van der Waals surface area contributed by atoms with Crippen molar-refractivity contribution in [2.75, 3.05) is 13.1 Å². The average molecular weight is 170 g/mol. The zero-order valence-corrected chi connectivity index (χ0v) is 7.42. The fourth-order valence-corrected chi connectivity index (χ4v) is 2.05. The average Bonchev–Trinajstić information content (AvgIpc) is 2.04. The Balaban J connectivity index is 1.65. The van der Waals surface area contributed by atoms with Crippen LogP contribution in [0.4, 0.5) is 0 Å². The lowest BCUT2D eigenvalue weighted by Gasteiger charge is -2.36. The van der Waals surface area contributed by atoms with E-state index in [1.54, 1.807) is 0 Å². The Bertz CT molecular complexity index is 139. The van der Waals surface area contributed by atoms with Crippen LogP contribution < -0.4 is 10.6 Å². The van der Waals surface area contributed by atoms with E-state index in [1.165, 1.54) is 12.8 Å². The molecule has 0 aromatic carbocycles. The second-order valence-electron chi connectivity index (χ2n) is 4.01. The summed E-state index contributed by atoms with van der Waals surface area (Å²) in [7, 11) is 0. The first-order chi connectivity index (χ1) is 5.84. The molecule has 70 valence electrons. The van der Waals surface area contributed by atoms with Crippen LogP contribution in [0.25, 0.3) is 0 Å². The summed E-state index contributed by atoms with van der Waals surface area (Å²) in [5, 5.41) is 16.0. The molecule has 0 unspecified atom stereocenters. The van der Waals surface area contributed by atoms with E-state index < -0.39 is 0 Å². The topological polar surface area (TPSA) is 44.3 Å². The van der Waals surface area contributed by atoms with Crippen LogP contribution in [0.15, 0.2) is 0 Å². The zero-order valence-electron chi connectivity index (χ0n) is 7.42. The summed E-state index contributed by atoms with van der Waals surface area (Å²) in [5.41, 5.74) is 0. The number of nitrogens with one attached hydrogen (secondary N) is 2. The summed E-state index contributed by atoms with van der Waals surface area (Å²) in [4.78, 5) is 0. The molecule has 0 bridgehead atoms. The fourth-order valence-electron chi connectivity index (χ4n) is 2.05. The summed E-state index contributed by atoms with van der Waals surface area (Å²) in [6.07, 6.45) is 4.39. The van der Waals surface area contributed by atoms with Crippen molar-refractivity contribution in [3.63, 3.8) is 0 Å². The highest BCUT2D eigenvalue weighted by Crippen LogP contribution is 2.21. The van der Waals surface area contributed by atoms with Gasteiger partial charge in [0.05, 0.1) is 6.10 Å². The van der Waals surface area contributed by atoms with Gasteiger partial charge in [-0.15, -0.1) is 0 Å². The van der Waals surface area contributed by atoms with E-state index >= 15 is 0 Å². The van der Waals surface area contributed by atoms with Gasteiger partial charge in [0.25, 0.3) is 0 Å². The van der Waals surface area contributed by atoms with Gasteiger partial charge in [0.1, 0.15) is 0 Å². The summed E-state index contributed by atoms with van der Waals surface area (Å²) in [6.45, 7) is 2.29. The molecule has 1 aliphatic heterocycles. The van der Waals surface area contributed by atoms with Gasteiger partial charge in [0, 0.05) is 12.1 Å². The molecule has 0 spiro atoms. The van der Waals surface area contributed by atoms with E-state index in [-0.39, 0.29) is 6.10 Å². The molecular weight excluding hydrogens is 152 g/mol. The second kappa shape index (κ2) is 3.73. The van der Waals surface area contributed by atoms with Gasteiger partial charge >= 0.3 is 0 Å². The Morgan fingerprint density at radius 2 is 1.75 bits per heavy atom. The van der Waals surface area contributed by atoms with Crippen LogP contribution in [0.5, 0.6) is 0 Å². The highest BCUT2D eigenvalue weighted by Gasteiger charge is 2.28. The van der Waals surface area contributed by atoms with E-state index in [9.17, 15) is 0 Å². The molecule has 3 N–H and O–H groups in total. The molecule has 2 rings (SSSR count). The van der Waals surface area contributed by atoms with Crippen molar-refractivity contribution < 1.29 is 5.11 Å². The molecule has 0 amide bonds. The normalized spacial score (nSPS) is 37.8. The van der Waals surface area contributed by atoms with Crippen molar-refractivity contribution in [2.24, 2.45) is 0 Å². The molecule has 1 aliphatic carbocycles. The number of rotatable bonds is 2. The molecule has 1 heterocycles. The molecule has 12 heavy (non-hydrogen) atoms. The number of aliphatic hydroxyl groups excluding tert-OH is 1. The van der Waals surface area contributed by atoms with Crippen molar-refractivity contribution in [3.05, 3.63) is 0 Å². The van der Waals surface area contributed by atoms with Gasteiger partial charge in [-0.3, -0.25) is 0 Å². The molecule has 0 radical (unpaired) electrons. The van der Waals surface area contributed by atoms with Gasteiger partial charge in [-0.1, -0.05) is 0 Å². The Morgan fingerprint density at radius 3 is 2.33 bits per heavy atom. The molecule has 2 aliphatic rings. The lowest BCUT2D eigenvalue weighted by molar-refractivity contribution is 0.0558. The standard InChI is InChI=1S/C9H18N2O/c12-9-5-8(6-9)11-7-1-3-10-4-2-7/h7-12H,1-6H2. The molecule has 0 aromatic heterocycles. The molecule has 1 saturated carbocycles. The van der Waals surface area contributed by atoms with Crippen LogP contribution in [-0.2, 0) is 0 Å². The van der Waals surface area contributed by atoms with E-state index in [4.69, 9.17) is 5.11 Å². The van der Waals surface area contributed by atoms with Gasteiger partial charge < -0.3 is 15.7 Å². The molecule has 3 nitrogen and oxygen atoms in total. The number of piperidine rings is 1. The smallest absolute Gasteiger partial charge is 0.0570 e. The number of hydrogen-bond donors (Lipinski definition) is 3. The summed E-state index contributed by atoms with van der Waals surface area (Å²) in [6, 6.07) is 1.30.